The Morgan fingerprint density at radius 3 is 2.40 bits per heavy atom. The number of alkyl halides is 3. The fraction of sp³-hybridized carbons (Fsp3) is 0.400. The molecular weight excluding hydrogens is 324 g/mol. The van der Waals surface area contributed by atoms with Crippen LogP contribution in [-0.2, 0) is 10.0 Å². The van der Waals surface area contributed by atoms with Crippen molar-refractivity contribution in [3.05, 3.63) is 23.0 Å². The first-order valence-corrected chi connectivity index (χ1v) is 7.04. The summed E-state index contributed by atoms with van der Waals surface area (Å²) in [5.41, 5.74) is 5.24. The van der Waals surface area contributed by atoms with Crippen molar-refractivity contribution in [2.24, 2.45) is 0 Å². The van der Waals surface area contributed by atoms with E-state index in [4.69, 9.17) is 17.3 Å². The van der Waals surface area contributed by atoms with Gasteiger partial charge >= 0.3 is 6.18 Å². The molecule has 1 aromatic carbocycles. The van der Waals surface area contributed by atoms with Crippen LogP contribution >= 0.6 is 11.6 Å². The van der Waals surface area contributed by atoms with Crippen LogP contribution in [0.1, 0.15) is 6.42 Å². The minimum Gasteiger partial charge on any atom is -0.399 e. The summed E-state index contributed by atoms with van der Waals surface area (Å²) in [6, 6.07) is 1.81. The largest absolute Gasteiger partial charge is 0.399 e. The standard InChI is InChI=1S/C10H11ClF4N2O2S/c1-17(3-2-10(13,14)15)20(18,19)8-5-6(16)4-7(11)9(8)12/h4-5H,2-3,16H2,1H3. The lowest BCUT2D eigenvalue weighted by Crippen LogP contribution is -2.31. The van der Waals surface area contributed by atoms with Crippen LogP contribution in [0.3, 0.4) is 0 Å². The monoisotopic (exact) mass is 334 g/mol. The summed E-state index contributed by atoms with van der Waals surface area (Å²) in [5.74, 6) is -1.25. The second-order valence-corrected chi connectivity index (χ2v) is 6.43. The Morgan fingerprint density at radius 2 is 1.90 bits per heavy atom. The molecule has 0 heterocycles. The summed E-state index contributed by atoms with van der Waals surface area (Å²) in [6.07, 6.45) is -5.86. The molecule has 0 spiro atoms. The zero-order valence-corrected chi connectivity index (χ0v) is 11.8. The highest BCUT2D eigenvalue weighted by Gasteiger charge is 2.32. The van der Waals surface area contributed by atoms with Gasteiger partial charge in [-0.25, -0.2) is 17.1 Å². The SMILES string of the molecule is CN(CCC(F)(F)F)S(=O)(=O)c1cc(N)cc(Cl)c1F. The van der Waals surface area contributed by atoms with Gasteiger partial charge in [0.15, 0.2) is 5.82 Å². The van der Waals surface area contributed by atoms with E-state index >= 15 is 0 Å². The molecule has 0 radical (unpaired) electrons. The van der Waals surface area contributed by atoms with E-state index in [-0.39, 0.29) is 5.69 Å². The highest BCUT2D eigenvalue weighted by Crippen LogP contribution is 2.28. The number of anilines is 1. The topological polar surface area (TPSA) is 63.4 Å². The lowest BCUT2D eigenvalue weighted by Gasteiger charge is -2.19. The van der Waals surface area contributed by atoms with Crippen molar-refractivity contribution in [3.63, 3.8) is 0 Å². The summed E-state index contributed by atoms with van der Waals surface area (Å²) in [5, 5.41) is -0.521. The van der Waals surface area contributed by atoms with Crippen LogP contribution in [0.5, 0.6) is 0 Å². The van der Waals surface area contributed by atoms with Crippen molar-refractivity contribution in [2.45, 2.75) is 17.5 Å². The molecule has 2 N–H and O–H groups in total. The molecule has 0 bridgehead atoms. The summed E-state index contributed by atoms with van der Waals surface area (Å²) in [4.78, 5) is -0.854. The number of hydrogen-bond acceptors (Lipinski definition) is 3. The van der Waals surface area contributed by atoms with Gasteiger partial charge < -0.3 is 5.73 Å². The molecule has 0 aliphatic heterocycles. The van der Waals surface area contributed by atoms with Gasteiger partial charge in [-0.15, -0.1) is 0 Å². The van der Waals surface area contributed by atoms with E-state index in [1.54, 1.807) is 0 Å². The maximum Gasteiger partial charge on any atom is 0.390 e. The van der Waals surface area contributed by atoms with Crippen LogP contribution in [0.4, 0.5) is 23.2 Å². The van der Waals surface area contributed by atoms with Gasteiger partial charge in [-0.2, -0.15) is 13.2 Å². The number of rotatable bonds is 4. The van der Waals surface area contributed by atoms with E-state index in [0.717, 1.165) is 19.2 Å². The van der Waals surface area contributed by atoms with E-state index in [0.29, 0.717) is 4.31 Å². The molecule has 0 atom stereocenters. The normalized spacial score (nSPS) is 12.9. The van der Waals surface area contributed by atoms with Crippen molar-refractivity contribution in [1.82, 2.24) is 4.31 Å². The smallest absolute Gasteiger partial charge is 0.390 e. The van der Waals surface area contributed by atoms with Gasteiger partial charge in [0.2, 0.25) is 10.0 Å². The molecule has 0 saturated heterocycles. The van der Waals surface area contributed by atoms with E-state index in [1.165, 1.54) is 0 Å². The molecule has 0 amide bonds. The molecule has 0 unspecified atom stereocenters. The van der Waals surface area contributed by atoms with Crippen LogP contribution in [0, 0.1) is 5.82 Å². The molecule has 1 aromatic rings. The first kappa shape index (κ1) is 17.0. The molecule has 0 aliphatic rings. The third kappa shape index (κ3) is 3.97. The number of sulfonamides is 1. The first-order chi connectivity index (χ1) is 8.95. The maximum atomic E-state index is 13.7. The van der Waals surface area contributed by atoms with Crippen molar-refractivity contribution in [2.75, 3.05) is 19.3 Å². The van der Waals surface area contributed by atoms with Gasteiger partial charge in [0, 0.05) is 19.3 Å². The minimum absolute atomic E-state index is 0.112. The Bertz CT molecular complexity index is 604. The van der Waals surface area contributed by atoms with Gasteiger partial charge in [-0.05, 0) is 12.1 Å². The van der Waals surface area contributed by atoms with Gasteiger partial charge in [-0.1, -0.05) is 11.6 Å². The van der Waals surface area contributed by atoms with E-state index < -0.39 is 44.9 Å². The summed E-state index contributed by atoms with van der Waals surface area (Å²) in [6.45, 7) is -0.836. The Labute approximate surface area is 118 Å². The Morgan fingerprint density at radius 1 is 1.35 bits per heavy atom. The van der Waals surface area contributed by atoms with Crippen LogP contribution in [0.2, 0.25) is 5.02 Å². The molecule has 10 heteroatoms. The number of nitrogens with two attached hydrogens (primary N) is 1. The maximum absolute atomic E-state index is 13.7. The van der Waals surface area contributed by atoms with Crippen molar-refractivity contribution < 1.29 is 26.0 Å². The second kappa shape index (κ2) is 5.74. The van der Waals surface area contributed by atoms with Gasteiger partial charge in [0.25, 0.3) is 0 Å². The molecule has 114 valence electrons. The zero-order chi connectivity index (χ0) is 15.7. The highest BCUT2D eigenvalue weighted by atomic mass is 35.5. The van der Waals surface area contributed by atoms with Crippen molar-refractivity contribution in [1.29, 1.82) is 0 Å². The third-order valence-corrected chi connectivity index (χ3v) is 4.55. The molecule has 4 nitrogen and oxygen atoms in total. The van der Waals surface area contributed by atoms with Crippen LogP contribution in [0.25, 0.3) is 0 Å². The summed E-state index contributed by atoms with van der Waals surface area (Å²) >= 11 is 5.46. The predicted molar refractivity (Wildman–Crippen MR) is 66.3 cm³/mol. The van der Waals surface area contributed by atoms with Crippen molar-refractivity contribution in [3.8, 4) is 0 Å². The van der Waals surface area contributed by atoms with Gasteiger partial charge in [-0.3, -0.25) is 0 Å². The van der Waals surface area contributed by atoms with E-state index in [2.05, 4.69) is 0 Å². The van der Waals surface area contributed by atoms with E-state index in [9.17, 15) is 26.0 Å². The van der Waals surface area contributed by atoms with Gasteiger partial charge in [0.05, 0.1) is 11.4 Å². The number of nitrogen functional groups attached to an aromatic ring is 1. The molecule has 0 fully saturated rings. The van der Waals surface area contributed by atoms with Crippen LogP contribution in [0.15, 0.2) is 17.0 Å². The first-order valence-electron chi connectivity index (χ1n) is 5.23. The number of halogens is 5. The molecule has 0 aromatic heterocycles. The summed E-state index contributed by atoms with van der Waals surface area (Å²) < 4.78 is 74.3. The second-order valence-electron chi connectivity index (χ2n) is 4.01. The molecule has 0 aliphatic carbocycles. The lowest BCUT2D eigenvalue weighted by atomic mass is 10.3. The Kier molecular flexibility index (Phi) is 4.88. The quantitative estimate of drug-likeness (QED) is 0.680. The third-order valence-electron chi connectivity index (χ3n) is 2.42. The molecule has 20 heavy (non-hydrogen) atoms. The fourth-order valence-electron chi connectivity index (χ4n) is 1.34. The lowest BCUT2D eigenvalue weighted by molar-refractivity contribution is -0.135. The highest BCUT2D eigenvalue weighted by molar-refractivity contribution is 7.89. The average molecular weight is 335 g/mol. The van der Waals surface area contributed by atoms with Gasteiger partial charge in [0.1, 0.15) is 4.90 Å². The van der Waals surface area contributed by atoms with Crippen LogP contribution < -0.4 is 5.73 Å². The molecule has 0 saturated carbocycles. The summed E-state index contributed by atoms with van der Waals surface area (Å²) in [7, 11) is -3.53. The number of benzene rings is 1. The minimum atomic E-state index is -4.52. The average Bonchev–Trinajstić information content (AvgIpc) is 2.29. The molecular formula is C10H11ClF4N2O2S. The Hall–Kier alpha value is -1.06. The van der Waals surface area contributed by atoms with Crippen molar-refractivity contribution >= 4 is 27.3 Å². The Balaban J connectivity index is 3.11. The number of nitrogens with zero attached hydrogens (tertiary/aromatic N) is 1. The number of hydrogen-bond donors (Lipinski definition) is 1. The van der Waals surface area contributed by atoms with E-state index in [1.807, 2.05) is 0 Å². The fourth-order valence-corrected chi connectivity index (χ4v) is 2.92. The zero-order valence-electron chi connectivity index (χ0n) is 10.2. The van der Waals surface area contributed by atoms with Crippen LogP contribution in [-0.4, -0.2) is 32.5 Å². The predicted octanol–water partition coefficient (Wildman–Crippen LogP) is 2.63. The molecule has 1 rings (SSSR count).